The molecule has 0 saturated carbocycles. The predicted molar refractivity (Wildman–Crippen MR) is 75.3 cm³/mol. The molecule has 1 aromatic heterocycles. The first-order chi connectivity index (χ1) is 9.29. The summed E-state index contributed by atoms with van der Waals surface area (Å²) in [5.41, 5.74) is 6.59. The molecular formula is C13H14FN3O2S. The molecule has 0 atom stereocenters. The minimum atomic E-state index is -3.98. The van der Waals surface area contributed by atoms with Crippen LogP contribution in [0.4, 0.5) is 15.9 Å². The van der Waals surface area contributed by atoms with Gasteiger partial charge in [-0.05, 0) is 43.7 Å². The van der Waals surface area contributed by atoms with Crippen molar-refractivity contribution in [3.63, 3.8) is 0 Å². The number of pyridine rings is 1. The number of para-hydroxylation sites is 1. The zero-order valence-corrected chi connectivity index (χ0v) is 11.8. The van der Waals surface area contributed by atoms with Gasteiger partial charge in [0.25, 0.3) is 10.0 Å². The maximum Gasteiger partial charge on any atom is 0.265 e. The van der Waals surface area contributed by atoms with Crippen LogP contribution in [0.1, 0.15) is 11.3 Å². The van der Waals surface area contributed by atoms with E-state index in [1.165, 1.54) is 12.1 Å². The molecule has 0 unspecified atom stereocenters. The largest absolute Gasteiger partial charge is 0.395 e. The number of nitrogens with one attached hydrogen (secondary N) is 1. The molecule has 3 N–H and O–H groups in total. The third-order valence-corrected chi connectivity index (χ3v) is 4.05. The highest BCUT2D eigenvalue weighted by molar-refractivity contribution is 7.92. The predicted octanol–water partition coefficient (Wildman–Crippen LogP) is 2.22. The molecule has 7 heteroatoms. The standard InChI is InChI=1S/C13H14FN3O2S/c1-8-6-9(2)16-12(7-8)17-20(18,19)11-5-3-4-10(14)13(11)15/h3-7H,15H2,1-2H3,(H,16,17). The number of benzene rings is 1. The molecule has 2 rings (SSSR count). The molecule has 0 amide bonds. The first kappa shape index (κ1) is 14.3. The fourth-order valence-electron chi connectivity index (χ4n) is 1.84. The van der Waals surface area contributed by atoms with Crippen molar-refractivity contribution in [1.29, 1.82) is 0 Å². The van der Waals surface area contributed by atoms with Crippen LogP contribution in [0.2, 0.25) is 0 Å². The van der Waals surface area contributed by atoms with Crippen LogP contribution in [0.15, 0.2) is 35.2 Å². The number of anilines is 2. The van der Waals surface area contributed by atoms with E-state index in [0.29, 0.717) is 5.69 Å². The van der Waals surface area contributed by atoms with E-state index in [1.807, 2.05) is 13.0 Å². The molecule has 20 heavy (non-hydrogen) atoms. The zero-order chi connectivity index (χ0) is 14.9. The van der Waals surface area contributed by atoms with Crippen molar-refractivity contribution >= 4 is 21.5 Å². The molecule has 106 valence electrons. The van der Waals surface area contributed by atoms with Crippen LogP contribution in [0.25, 0.3) is 0 Å². The lowest BCUT2D eigenvalue weighted by molar-refractivity contribution is 0.597. The first-order valence-electron chi connectivity index (χ1n) is 5.82. The zero-order valence-electron chi connectivity index (χ0n) is 11.0. The molecular weight excluding hydrogens is 281 g/mol. The number of rotatable bonds is 3. The molecule has 0 aliphatic carbocycles. The summed E-state index contributed by atoms with van der Waals surface area (Å²) in [7, 11) is -3.98. The average Bonchev–Trinajstić information content (AvgIpc) is 2.30. The smallest absolute Gasteiger partial charge is 0.265 e. The van der Waals surface area contributed by atoms with Gasteiger partial charge in [-0.3, -0.25) is 4.72 Å². The number of aromatic nitrogens is 1. The molecule has 1 aromatic carbocycles. The van der Waals surface area contributed by atoms with Crippen LogP contribution in [-0.4, -0.2) is 13.4 Å². The summed E-state index contributed by atoms with van der Waals surface area (Å²) in [5, 5.41) is 0. The van der Waals surface area contributed by atoms with Gasteiger partial charge in [-0.2, -0.15) is 0 Å². The fraction of sp³-hybridized carbons (Fsp3) is 0.154. The van der Waals surface area contributed by atoms with Gasteiger partial charge in [0.2, 0.25) is 0 Å². The van der Waals surface area contributed by atoms with Gasteiger partial charge in [-0.15, -0.1) is 0 Å². The second-order valence-electron chi connectivity index (χ2n) is 4.43. The van der Waals surface area contributed by atoms with Crippen molar-refractivity contribution in [3.8, 4) is 0 Å². The van der Waals surface area contributed by atoms with Crippen LogP contribution in [0.3, 0.4) is 0 Å². The summed E-state index contributed by atoms with van der Waals surface area (Å²) in [4.78, 5) is 3.76. The lowest BCUT2D eigenvalue weighted by Gasteiger charge is -2.11. The summed E-state index contributed by atoms with van der Waals surface area (Å²) in [6.45, 7) is 3.57. The van der Waals surface area contributed by atoms with Crippen molar-refractivity contribution in [1.82, 2.24) is 4.98 Å². The summed E-state index contributed by atoms with van der Waals surface area (Å²) in [5.74, 6) is -0.604. The van der Waals surface area contributed by atoms with Gasteiger partial charge in [0.05, 0.1) is 5.69 Å². The summed E-state index contributed by atoms with van der Waals surface area (Å²) >= 11 is 0. The number of sulfonamides is 1. The molecule has 1 heterocycles. The number of nitrogens with two attached hydrogens (primary N) is 1. The maximum absolute atomic E-state index is 13.3. The van der Waals surface area contributed by atoms with Gasteiger partial charge in [0, 0.05) is 5.69 Å². The van der Waals surface area contributed by atoms with Crippen molar-refractivity contribution in [2.75, 3.05) is 10.5 Å². The number of hydrogen-bond acceptors (Lipinski definition) is 4. The summed E-state index contributed by atoms with van der Waals surface area (Å²) < 4.78 is 40.0. The maximum atomic E-state index is 13.3. The first-order valence-corrected chi connectivity index (χ1v) is 7.30. The Morgan fingerprint density at radius 3 is 2.60 bits per heavy atom. The number of halogens is 1. The van der Waals surface area contributed by atoms with Crippen LogP contribution < -0.4 is 10.5 Å². The van der Waals surface area contributed by atoms with Crippen LogP contribution in [0, 0.1) is 19.7 Å². The van der Waals surface area contributed by atoms with Crippen molar-refractivity contribution in [2.24, 2.45) is 0 Å². The Balaban J connectivity index is 2.43. The Morgan fingerprint density at radius 1 is 1.25 bits per heavy atom. The van der Waals surface area contributed by atoms with Gasteiger partial charge in [-0.1, -0.05) is 6.07 Å². The molecule has 5 nitrogen and oxygen atoms in total. The number of aryl methyl sites for hydroxylation is 2. The van der Waals surface area contributed by atoms with Gasteiger partial charge >= 0.3 is 0 Å². The average molecular weight is 295 g/mol. The van der Waals surface area contributed by atoms with Gasteiger partial charge in [0.15, 0.2) is 0 Å². The second kappa shape index (κ2) is 5.09. The lowest BCUT2D eigenvalue weighted by atomic mass is 10.2. The van der Waals surface area contributed by atoms with E-state index < -0.39 is 21.5 Å². The Bertz CT molecular complexity index is 740. The molecule has 0 aliphatic rings. The second-order valence-corrected chi connectivity index (χ2v) is 6.08. The van der Waals surface area contributed by atoms with E-state index >= 15 is 0 Å². The van der Waals surface area contributed by atoms with Crippen LogP contribution in [0.5, 0.6) is 0 Å². The number of nitrogens with zero attached hydrogens (tertiary/aromatic N) is 1. The van der Waals surface area contributed by atoms with Gasteiger partial charge < -0.3 is 5.73 Å². The minimum Gasteiger partial charge on any atom is -0.395 e. The molecule has 0 saturated heterocycles. The third kappa shape index (κ3) is 2.88. The SMILES string of the molecule is Cc1cc(C)nc(NS(=O)(=O)c2cccc(F)c2N)c1. The Labute approximate surface area is 116 Å². The Kier molecular flexibility index (Phi) is 3.63. The van der Waals surface area contributed by atoms with Crippen LogP contribution in [-0.2, 0) is 10.0 Å². The minimum absolute atomic E-state index is 0.172. The molecule has 0 aliphatic heterocycles. The highest BCUT2D eigenvalue weighted by atomic mass is 32.2. The van der Waals surface area contributed by atoms with Gasteiger partial charge in [0.1, 0.15) is 16.5 Å². The molecule has 0 radical (unpaired) electrons. The normalized spacial score (nSPS) is 11.3. The molecule has 0 bridgehead atoms. The van der Waals surface area contributed by atoms with Crippen LogP contribution >= 0.6 is 0 Å². The van der Waals surface area contributed by atoms with Crippen molar-refractivity contribution < 1.29 is 12.8 Å². The topological polar surface area (TPSA) is 85.1 Å². The van der Waals surface area contributed by atoms with Crippen molar-refractivity contribution in [3.05, 3.63) is 47.4 Å². The number of nitrogen functional groups attached to an aromatic ring is 1. The molecule has 0 spiro atoms. The van der Waals surface area contributed by atoms with E-state index in [9.17, 15) is 12.8 Å². The van der Waals surface area contributed by atoms with Crippen molar-refractivity contribution in [2.45, 2.75) is 18.7 Å². The monoisotopic (exact) mass is 295 g/mol. The van der Waals surface area contributed by atoms with Gasteiger partial charge in [-0.25, -0.2) is 17.8 Å². The lowest BCUT2D eigenvalue weighted by Crippen LogP contribution is -2.16. The third-order valence-electron chi connectivity index (χ3n) is 2.64. The number of hydrogen-bond donors (Lipinski definition) is 2. The van der Waals surface area contributed by atoms with E-state index in [4.69, 9.17) is 5.73 Å². The Hall–Kier alpha value is -2.15. The summed E-state index contributed by atoms with van der Waals surface area (Å²) in [6, 6.07) is 7.02. The van der Waals surface area contributed by atoms with E-state index in [2.05, 4.69) is 9.71 Å². The Morgan fingerprint density at radius 2 is 1.95 bits per heavy atom. The summed E-state index contributed by atoms with van der Waals surface area (Å²) in [6.07, 6.45) is 0. The molecule has 0 fully saturated rings. The highest BCUT2D eigenvalue weighted by Crippen LogP contribution is 2.23. The highest BCUT2D eigenvalue weighted by Gasteiger charge is 2.20. The van der Waals surface area contributed by atoms with E-state index in [1.54, 1.807) is 13.0 Å². The molecule has 2 aromatic rings. The quantitative estimate of drug-likeness (QED) is 0.850. The van der Waals surface area contributed by atoms with E-state index in [-0.39, 0.29) is 10.7 Å². The van der Waals surface area contributed by atoms with E-state index in [0.717, 1.165) is 11.6 Å². The fourth-order valence-corrected chi connectivity index (χ4v) is 2.97.